The van der Waals surface area contributed by atoms with Crippen LogP contribution in [0, 0.1) is 10.7 Å². The Morgan fingerprint density at radius 3 is 2.23 bits per heavy atom. The van der Waals surface area contributed by atoms with Crippen molar-refractivity contribution in [1.82, 2.24) is 5.43 Å². The highest BCUT2D eigenvalue weighted by atomic mass is 32.2. The first-order valence-electron chi connectivity index (χ1n) is 4.77. The van der Waals surface area contributed by atoms with Gasteiger partial charge in [0.2, 0.25) is 0 Å². The Hall–Kier alpha value is -0.240. The van der Waals surface area contributed by atoms with Crippen LogP contribution in [0.2, 0.25) is 0 Å². The Labute approximate surface area is 86.0 Å². The number of thioether (sulfide) groups is 1. The van der Waals surface area contributed by atoms with Crippen LogP contribution < -0.4 is 11.3 Å². The van der Waals surface area contributed by atoms with E-state index in [4.69, 9.17) is 11.1 Å². The van der Waals surface area contributed by atoms with Crippen LogP contribution in [0.4, 0.5) is 0 Å². The van der Waals surface area contributed by atoms with Crippen molar-refractivity contribution in [2.45, 2.75) is 39.5 Å². The molecular weight excluding hydrogens is 182 g/mol. The molecule has 3 N–H and O–H groups in total. The molecule has 0 saturated heterocycles. The van der Waals surface area contributed by atoms with Gasteiger partial charge in [0.1, 0.15) is 5.40 Å². The van der Waals surface area contributed by atoms with E-state index in [1.54, 1.807) is 0 Å². The van der Waals surface area contributed by atoms with Crippen LogP contribution in [0.5, 0.6) is 0 Å². The average Bonchev–Trinajstić information content (AvgIpc) is 2.17. The van der Waals surface area contributed by atoms with Gasteiger partial charge in [-0.3, -0.25) is 11.3 Å². The van der Waals surface area contributed by atoms with Gasteiger partial charge in [-0.2, -0.15) is 5.26 Å². The summed E-state index contributed by atoms with van der Waals surface area (Å²) >= 11 is 1.34. The number of nitrogens with one attached hydrogen (secondary N) is 1. The van der Waals surface area contributed by atoms with Crippen molar-refractivity contribution in [3.8, 4) is 5.40 Å². The second kappa shape index (κ2) is 17.7. The summed E-state index contributed by atoms with van der Waals surface area (Å²) in [5, 5.41) is 10.0. The van der Waals surface area contributed by atoms with E-state index in [0.29, 0.717) is 0 Å². The second-order valence-electron chi connectivity index (χ2n) is 2.60. The molecule has 0 heterocycles. The van der Waals surface area contributed by atoms with E-state index in [9.17, 15) is 0 Å². The summed E-state index contributed by atoms with van der Waals surface area (Å²) < 4.78 is 0. The largest absolute Gasteiger partial charge is 0.271 e. The highest BCUT2D eigenvalue weighted by Crippen LogP contribution is 1.99. The predicted octanol–water partition coefficient (Wildman–Crippen LogP) is 2.25. The van der Waals surface area contributed by atoms with Crippen molar-refractivity contribution in [2.24, 2.45) is 5.84 Å². The normalized spacial score (nSPS) is 8.46. The average molecular weight is 203 g/mol. The first-order chi connectivity index (χ1) is 6.33. The van der Waals surface area contributed by atoms with Gasteiger partial charge >= 0.3 is 0 Å². The molecule has 0 unspecified atom stereocenters. The summed E-state index contributed by atoms with van der Waals surface area (Å²) in [6.07, 6.45) is 4.74. The minimum absolute atomic E-state index is 0.941. The Balaban J connectivity index is 0. The van der Waals surface area contributed by atoms with Gasteiger partial charge in [0.25, 0.3) is 0 Å². The van der Waals surface area contributed by atoms with Crippen molar-refractivity contribution >= 4 is 11.8 Å². The van der Waals surface area contributed by atoms with Crippen molar-refractivity contribution in [3.63, 3.8) is 0 Å². The molecule has 0 radical (unpaired) electrons. The molecular formula is C9H21N3S. The van der Waals surface area contributed by atoms with Crippen molar-refractivity contribution in [2.75, 3.05) is 12.3 Å². The van der Waals surface area contributed by atoms with Crippen molar-refractivity contribution in [1.29, 1.82) is 5.26 Å². The molecule has 0 aliphatic carbocycles. The maximum Gasteiger partial charge on any atom is 0.133 e. The molecule has 0 spiro atoms. The molecule has 3 nitrogen and oxygen atoms in total. The molecule has 0 amide bonds. The van der Waals surface area contributed by atoms with E-state index in [1.165, 1.54) is 31.0 Å². The first-order valence-corrected chi connectivity index (χ1v) is 5.76. The molecule has 0 aromatic carbocycles. The smallest absolute Gasteiger partial charge is 0.133 e. The molecule has 0 fully saturated rings. The third kappa shape index (κ3) is 24.5. The number of nitriles is 1. The van der Waals surface area contributed by atoms with E-state index < -0.39 is 0 Å². The molecule has 0 rings (SSSR count). The van der Waals surface area contributed by atoms with Crippen LogP contribution in [0.1, 0.15) is 39.5 Å². The molecule has 0 bridgehead atoms. The monoisotopic (exact) mass is 203 g/mol. The summed E-state index contributed by atoms with van der Waals surface area (Å²) in [6.45, 7) is 5.20. The third-order valence-corrected chi connectivity index (χ3v) is 1.96. The minimum atomic E-state index is 0.941. The number of thiocyanates is 1. The number of rotatable bonds is 6. The number of hydrogen-bond acceptors (Lipinski definition) is 4. The molecule has 13 heavy (non-hydrogen) atoms. The molecule has 0 aromatic rings. The zero-order valence-electron chi connectivity index (χ0n) is 8.68. The molecule has 0 aliphatic rings. The Bertz CT molecular complexity index is 108. The maximum absolute atomic E-state index is 8.01. The Morgan fingerprint density at radius 2 is 1.92 bits per heavy atom. The van der Waals surface area contributed by atoms with Crippen LogP contribution in [0.15, 0.2) is 0 Å². The lowest BCUT2D eigenvalue weighted by Crippen LogP contribution is -2.22. The van der Waals surface area contributed by atoms with Gasteiger partial charge in [-0.05, 0) is 24.6 Å². The standard InChI is InChI=1S/C5H9NS.C4H12N2/c1-2-3-4-7-5-6;1-2-3-4-6-5/h2-4H2,1H3;6H,2-5H2,1H3. The number of hydrogen-bond donors (Lipinski definition) is 2. The summed E-state index contributed by atoms with van der Waals surface area (Å²) in [5.74, 6) is 5.96. The third-order valence-electron chi connectivity index (χ3n) is 1.34. The zero-order chi connectivity index (χ0) is 10.4. The molecule has 0 aromatic heterocycles. The highest BCUT2D eigenvalue weighted by molar-refractivity contribution is 8.03. The van der Waals surface area contributed by atoms with E-state index in [1.807, 2.05) is 5.40 Å². The summed E-state index contributed by atoms with van der Waals surface area (Å²) in [7, 11) is 0. The highest BCUT2D eigenvalue weighted by Gasteiger charge is 1.80. The maximum atomic E-state index is 8.01. The van der Waals surface area contributed by atoms with Crippen LogP contribution >= 0.6 is 11.8 Å². The summed E-state index contributed by atoms with van der Waals surface area (Å²) in [6, 6.07) is 0. The van der Waals surface area contributed by atoms with Gasteiger partial charge in [-0.1, -0.05) is 26.7 Å². The molecule has 78 valence electrons. The number of nitrogens with two attached hydrogens (primary N) is 1. The number of nitrogens with zero attached hydrogens (tertiary/aromatic N) is 1. The first kappa shape index (κ1) is 15.2. The van der Waals surface area contributed by atoms with Crippen LogP contribution in [0.3, 0.4) is 0 Å². The molecule has 0 aliphatic heterocycles. The van der Waals surface area contributed by atoms with Crippen LogP contribution in [0.25, 0.3) is 0 Å². The number of unbranched alkanes of at least 4 members (excludes halogenated alkanes) is 2. The van der Waals surface area contributed by atoms with Gasteiger partial charge in [-0.15, -0.1) is 0 Å². The Morgan fingerprint density at radius 1 is 1.31 bits per heavy atom. The molecule has 4 heteroatoms. The lowest BCUT2D eigenvalue weighted by atomic mass is 10.3. The topological polar surface area (TPSA) is 61.8 Å². The van der Waals surface area contributed by atoms with Crippen molar-refractivity contribution < 1.29 is 0 Å². The van der Waals surface area contributed by atoms with Gasteiger partial charge in [0, 0.05) is 12.3 Å². The number of hydrazine groups is 1. The summed E-state index contributed by atoms with van der Waals surface area (Å²) in [5.41, 5.74) is 2.57. The molecule has 0 atom stereocenters. The fraction of sp³-hybridized carbons (Fsp3) is 0.889. The zero-order valence-corrected chi connectivity index (χ0v) is 9.49. The van der Waals surface area contributed by atoms with E-state index in [0.717, 1.165) is 18.7 Å². The van der Waals surface area contributed by atoms with E-state index in [2.05, 4.69) is 19.3 Å². The molecule has 0 saturated carbocycles. The van der Waals surface area contributed by atoms with Gasteiger partial charge in [-0.25, -0.2) is 0 Å². The fourth-order valence-electron chi connectivity index (χ4n) is 0.541. The van der Waals surface area contributed by atoms with E-state index >= 15 is 0 Å². The van der Waals surface area contributed by atoms with E-state index in [-0.39, 0.29) is 0 Å². The lowest BCUT2D eigenvalue weighted by Gasteiger charge is -1.89. The SMILES string of the molecule is CCCCNN.CCCCSC#N. The minimum Gasteiger partial charge on any atom is -0.271 e. The van der Waals surface area contributed by atoms with Crippen LogP contribution in [-0.2, 0) is 0 Å². The van der Waals surface area contributed by atoms with Gasteiger partial charge < -0.3 is 0 Å². The van der Waals surface area contributed by atoms with Crippen LogP contribution in [-0.4, -0.2) is 12.3 Å². The fourth-order valence-corrected chi connectivity index (χ4v) is 1.07. The Kier molecular flexibility index (Phi) is 20.8. The van der Waals surface area contributed by atoms with Gasteiger partial charge in [0.05, 0.1) is 0 Å². The quantitative estimate of drug-likeness (QED) is 0.301. The summed E-state index contributed by atoms with van der Waals surface area (Å²) in [4.78, 5) is 0. The lowest BCUT2D eigenvalue weighted by molar-refractivity contribution is 0.669. The van der Waals surface area contributed by atoms with Gasteiger partial charge in [0.15, 0.2) is 0 Å². The second-order valence-corrected chi connectivity index (χ2v) is 3.48. The predicted molar refractivity (Wildman–Crippen MR) is 60.1 cm³/mol. The van der Waals surface area contributed by atoms with Crippen molar-refractivity contribution in [3.05, 3.63) is 0 Å².